The van der Waals surface area contributed by atoms with Crippen molar-refractivity contribution in [3.8, 4) is 11.3 Å². The average Bonchev–Trinajstić information content (AvgIpc) is 3.23. The predicted molar refractivity (Wildman–Crippen MR) is 108 cm³/mol. The Hall–Kier alpha value is -2.38. The van der Waals surface area contributed by atoms with Crippen molar-refractivity contribution in [3.63, 3.8) is 0 Å². The van der Waals surface area contributed by atoms with Gasteiger partial charge in [0.2, 0.25) is 10.0 Å². The van der Waals surface area contributed by atoms with Crippen molar-refractivity contribution < 1.29 is 8.42 Å². The molecule has 0 fully saturated rings. The fraction of sp³-hybridized carbons (Fsp3) is 0.211. The summed E-state index contributed by atoms with van der Waals surface area (Å²) in [5.74, 6) is 0. The summed E-state index contributed by atoms with van der Waals surface area (Å²) in [5, 5.41) is 6.22. The van der Waals surface area contributed by atoms with E-state index >= 15 is 0 Å². The molecular formula is C19H19N3O2S2. The van der Waals surface area contributed by atoms with Crippen molar-refractivity contribution in [3.05, 3.63) is 59.0 Å². The molecule has 0 amide bonds. The van der Waals surface area contributed by atoms with Gasteiger partial charge in [-0.3, -0.25) is 4.72 Å². The smallest absolute Gasteiger partial charge is 0.229 e. The molecule has 0 unspecified atom stereocenters. The summed E-state index contributed by atoms with van der Waals surface area (Å²) >= 11 is 1.55. The largest absolute Gasteiger partial charge is 0.332 e. The number of aromatic nitrogens is 1. The lowest BCUT2D eigenvalue weighted by molar-refractivity contribution is 0.607. The number of nitrogens with one attached hydrogen (secondary N) is 2. The Labute approximate surface area is 157 Å². The van der Waals surface area contributed by atoms with Gasteiger partial charge in [-0.15, -0.1) is 11.3 Å². The van der Waals surface area contributed by atoms with E-state index in [4.69, 9.17) is 0 Å². The van der Waals surface area contributed by atoms with Gasteiger partial charge in [-0.2, -0.15) is 0 Å². The van der Waals surface area contributed by atoms with E-state index < -0.39 is 10.0 Å². The minimum Gasteiger partial charge on any atom is -0.332 e. The maximum Gasteiger partial charge on any atom is 0.229 e. The second kappa shape index (κ2) is 6.74. The van der Waals surface area contributed by atoms with Crippen LogP contribution in [0.15, 0.2) is 47.8 Å². The van der Waals surface area contributed by atoms with E-state index in [1.165, 1.54) is 24.0 Å². The summed E-state index contributed by atoms with van der Waals surface area (Å²) in [5.41, 5.74) is 6.31. The summed E-state index contributed by atoms with van der Waals surface area (Å²) in [7, 11) is -3.26. The van der Waals surface area contributed by atoms with Crippen molar-refractivity contribution in [2.75, 3.05) is 16.3 Å². The average molecular weight is 386 g/mol. The monoisotopic (exact) mass is 385 g/mol. The maximum atomic E-state index is 11.3. The molecule has 1 heterocycles. The first-order chi connectivity index (χ1) is 12.5. The Morgan fingerprint density at radius 2 is 1.73 bits per heavy atom. The van der Waals surface area contributed by atoms with Gasteiger partial charge in [-0.05, 0) is 54.7 Å². The van der Waals surface area contributed by atoms with Crippen LogP contribution < -0.4 is 10.0 Å². The van der Waals surface area contributed by atoms with E-state index in [9.17, 15) is 8.42 Å². The molecular weight excluding hydrogens is 366 g/mol. The van der Waals surface area contributed by atoms with E-state index in [0.29, 0.717) is 5.69 Å². The van der Waals surface area contributed by atoms with E-state index in [0.717, 1.165) is 34.8 Å². The fourth-order valence-electron chi connectivity index (χ4n) is 3.16. The zero-order valence-electron chi connectivity index (χ0n) is 14.3. The van der Waals surface area contributed by atoms with Crippen LogP contribution in [0.1, 0.15) is 17.5 Å². The molecule has 4 rings (SSSR count). The van der Waals surface area contributed by atoms with Crippen molar-refractivity contribution in [2.24, 2.45) is 0 Å². The second-order valence-electron chi connectivity index (χ2n) is 6.45. The van der Waals surface area contributed by atoms with Crippen LogP contribution in [0.2, 0.25) is 0 Å². The lowest BCUT2D eigenvalue weighted by atomic mass is 10.1. The van der Waals surface area contributed by atoms with Crippen LogP contribution in [-0.2, 0) is 22.9 Å². The van der Waals surface area contributed by atoms with Gasteiger partial charge >= 0.3 is 0 Å². The quantitative estimate of drug-likeness (QED) is 0.682. The minimum atomic E-state index is -3.26. The third kappa shape index (κ3) is 3.89. The van der Waals surface area contributed by atoms with E-state index in [-0.39, 0.29) is 0 Å². The summed E-state index contributed by atoms with van der Waals surface area (Å²) in [6.07, 6.45) is 4.71. The Balaban J connectivity index is 1.49. The van der Waals surface area contributed by atoms with Crippen molar-refractivity contribution in [1.29, 1.82) is 0 Å². The number of fused-ring (bicyclic) bond motifs is 1. The van der Waals surface area contributed by atoms with Crippen LogP contribution in [0.3, 0.4) is 0 Å². The highest BCUT2D eigenvalue weighted by Crippen LogP contribution is 2.30. The number of sulfonamides is 1. The van der Waals surface area contributed by atoms with Gasteiger partial charge in [0, 0.05) is 22.3 Å². The van der Waals surface area contributed by atoms with Gasteiger partial charge in [-0.25, -0.2) is 13.4 Å². The van der Waals surface area contributed by atoms with Crippen LogP contribution in [0.4, 0.5) is 16.5 Å². The molecule has 0 saturated carbocycles. The third-order valence-electron chi connectivity index (χ3n) is 4.34. The molecule has 0 atom stereocenters. The highest BCUT2D eigenvalue weighted by molar-refractivity contribution is 7.92. The zero-order chi connectivity index (χ0) is 18.1. The van der Waals surface area contributed by atoms with Gasteiger partial charge in [-0.1, -0.05) is 18.2 Å². The van der Waals surface area contributed by atoms with Gasteiger partial charge in [0.05, 0.1) is 11.9 Å². The first kappa shape index (κ1) is 17.1. The molecule has 2 N–H and O–H groups in total. The van der Waals surface area contributed by atoms with Crippen LogP contribution in [0.5, 0.6) is 0 Å². The molecule has 0 spiro atoms. The first-order valence-corrected chi connectivity index (χ1v) is 11.2. The Morgan fingerprint density at radius 1 is 1.00 bits per heavy atom. The lowest BCUT2D eigenvalue weighted by Gasteiger charge is -2.06. The number of aryl methyl sites for hydroxylation is 2. The van der Waals surface area contributed by atoms with E-state index in [1.54, 1.807) is 23.5 Å². The first-order valence-electron chi connectivity index (χ1n) is 8.39. The highest BCUT2D eigenvalue weighted by atomic mass is 32.2. The molecule has 0 radical (unpaired) electrons. The van der Waals surface area contributed by atoms with Gasteiger partial charge in [0.1, 0.15) is 0 Å². The molecule has 3 aromatic rings. The van der Waals surface area contributed by atoms with Crippen molar-refractivity contribution >= 4 is 37.9 Å². The van der Waals surface area contributed by atoms with Crippen molar-refractivity contribution in [1.82, 2.24) is 4.98 Å². The SMILES string of the molecule is CS(=O)(=O)Nc1ccc(-c2csc(Nc3ccc4c(c3)CCC4)n2)cc1. The number of rotatable bonds is 5. The Morgan fingerprint density at radius 3 is 2.50 bits per heavy atom. The second-order valence-corrected chi connectivity index (χ2v) is 9.06. The summed E-state index contributed by atoms with van der Waals surface area (Å²) < 4.78 is 25.0. The zero-order valence-corrected chi connectivity index (χ0v) is 16.0. The molecule has 0 bridgehead atoms. The summed E-state index contributed by atoms with van der Waals surface area (Å²) in [6.45, 7) is 0. The molecule has 1 aromatic heterocycles. The topological polar surface area (TPSA) is 71.1 Å². The van der Waals surface area contributed by atoms with Gasteiger partial charge in [0.25, 0.3) is 0 Å². The van der Waals surface area contributed by atoms with Crippen LogP contribution >= 0.6 is 11.3 Å². The normalized spacial score (nSPS) is 13.4. The molecule has 0 aliphatic heterocycles. The number of thiazole rings is 1. The van der Waals surface area contributed by atoms with Crippen LogP contribution in [0, 0.1) is 0 Å². The molecule has 0 saturated heterocycles. The molecule has 1 aliphatic rings. The molecule has 7 heteroatoms. The predicted octanol–water partition coefficient (Wildman–Crippen LogP) is 4.41. The Bertz CT molecular complexity index is 1040. The van der Waals surface area contributed by atoms with Crippen molar-refractivity contribution in [2.45, 2.75) is 19.3 Å². The number of benzene rings is 2. The maximum absolute atomic E-state index is 11.3. The Kier molecular flexibility index (Phi) is 4.42. The number of hydrogen-bond donors (Lipinski definition) is 2. The molecule has 134 valence electrons. The standard InChI is InChI=1S/C19H19N3O2S2/c1-26(23,24)22-16-8-6-14(7-9-16)18-12-25-19(21-18)20-17-10-5-13-3-2-4-15(13)11-17/h5-12,22H,2-4H2,1H3,(H,20,21). The van der Waals surface area contributed by atoms with Gasteiger partial charge in [0.15, 0.2) is 5.13 Å². The lowest BCUT2D eigenvalue weighted by Crippen LogP contribution is -2.09. The molecule has 5 nitrogen and oxygen atoms in total. The van der Waals surface area contributed by atoms with Crippen LogP contribution in [0.25, 0.3) is 11.3 Å². The number of nitrogens with zero attached hydrogens (tertiary/aromatic N) is 1. The van der Waals surface area contributed by atoms with Crippen LogP contribution in [-0.4, -0.2) is 19.7 Å². The third-order valence-corrected chi connectivity index (χ3v) is 5.70. The summed E-state index contributed by atoms with van der Waals surface area (Å²) in [4.78, 5) is 4.64. The molecule has 1 aliphatic carbocycles. The van der Waals surface area contributed by atoms with E-state index in [2.05, 4.69) is 33.2 Å². The van der Waals surface area contributed by atoms with Gasteiger partial charge < -0.3 is 5.32 Å². The highest BCUT2D eigenvalue weighted by Gasteiger charge is 2.12. The fourth-order valence-corrected chi connectivity index (χ4v) is 4.46. The molecule has 2 aromatic carbocycles. The summed E-state index contributed by atoms with van der Waals surface area (Å²) in [6, 6.07) is 13.7. The molecule has 26 heavy (non-hydrogen) atoms. The minimum absolute atomic E-state index is 0.544. The van der Waals surface area contributed by atoms with E-state index in [1.807, 2.05) is 17.5 Å². The number of hydrogen-bond acceptors (Lipinski definition) is 5. The number of anilines is 3.